The van der Waals surface area contributed by atoms with E-state index in [9.17, 15) is 26.7 Å². The number of aliphatic hydroxyl groups excluding tert-OH is 1. The molecule has 13 heteroatoms. The van der Waals surface area contributed by atoms with Crippen LogP contribution in [0.2, 0.25) is 0 Å². The molecule has 4 rings (SSSR count). The number of hydrogen-bond acceptors (Lipinski definition) is 8. The van der Waals surface area contributed by atoms with Gasteiger partial charge >= 0.3 is 0 Å². The largest absolute Gasteiger partial charge is 0.488 e. The molecule has 1 aliphatic rings. The number of thiophene rings is 1. The lowest BCUT2D eigenvalue weighted by molar-refractivity contribution is 0.0387. The Balaban J connectivity index is 1.68. The number of likely N-dealkylation sites (N-methyl/N-ethyl adjacent to an activating group) is 1. The molecule has 0 fully saturated rings. The number of nitrogens with one attached hydrogen (secondary N) is 1. The Bertz CT molecular complexity index is 1560. The van der Waals surface area contributed by atoms with E-state index in [1.165, 1.54) is 40.5 Å². The van der Waals surface area contributed by atoms with Crippen LogP contribution in [0.4, 0.5) is 5.69 Å². The summed E-state index contributed by atoms with van der Waals surface area (Å²) in [6.07, 6.45) is -0.654. The fraction of sp³-hybridized carbons (Fsp3) is 0.370. The maximum Gasteiger partial charge on any atom is 0.271 e. The molecule has 10 nitrogen and oxygen atoms in total. The Kier molecular flexibility index (Phi) is 8.90. The van der Waals surface area contributed by atoms with E-state index >= 15 is 0 Å². The smallest absolute Gasteiger partial charge is 0.271 e. The van der Waals surface area contributed by atoms with Crippen LogP contribution in [0.3, 0.4) is 0 Å². The maximum absolute atomic E-state index is 13.6. The van der Waals surface area contributed by atoms with Crippen LogP contribution in [0, 0.1) is 12.8 Å². The summed E-state index contributed by atoms with van der Waals surface area (Å²) in [5, 5.41) is 11.5. The second-order valence-electron chi connectivity index (χ2n) is 9.97. The first kappa shape index (κ1) is 30.0. The summed E-state index contributed by atoms with van der Waals surface area (Å²) in [6, 6.07) is 13.5. The Labute approximate surface area is 239 Å². The lowest BCUT2D eigenvalue weighted by atomic mass is 9.99. The van der Waals surface area contributed by atoms with Crippen molar-refractivity contribution in [2.75, 3.05) is 31.5 Å². The number of rotatable bonds is 9. The number of sulfonamides is 2. The summed E-state index contributed by atoms with van der Waals surface area (Å²) in [6.45, 7) is 5.34. The van der Waals surface area contributed by atoms with Gasteiger partial charge in [0.1, 0.15) is 16.1 Å². The van der Waals surface area contributed by atoms with Gasteiger partial charge in [-0.05, 0) is 55.6 Å². The first-order chi connectivity index (χ1) is 18.8. The predicted molar refractivity (Wildman–Crippen MR) is 154 cm³/mol. The maximum atomic E-state index is 13.6. The van der Waals surface area contributed by atoms with Gasteiger partial charge in [0.25, 0.3) is 15.9 Å². The van der Waals surface area contributed by atoms with Gasteiger partial charge in [-0.25, -0.2) is 16.8 Å². The lowest BCUT2D eigenvalue weighted by Crippen LogP contribution is -2.50. The third kappa shape index (κ3) is 6.33. The quantitative estimate of drug-likeness (QED) is 0.381. The second-order valence-corrected chi connectivity index (χ2v) is 14.9. The van der Waals surface area contributed by atoms with Gasteiger partial charge in [0.05, 0.1) is 29.7 Å². The topological polar surface area (TPSA) is 133 Å². The highest BCUT2D eigenvalue weighted by Gasteiger charge is 2.35. The molecule has 0 saturated carbocycles. The summed E-state index contributed by atoms with van der Waals surface area (Å²) < 4.78 is 62.2. The van der Waals surface area contributed by atoms with Crippen molar-refractivity contribution in [2.45, 2.75) is 42.0 Å². The number of anilines is 1. The third-order valence-corrected chi connectivity index (χ3v) is 11.5. The second kappa shape index (κ2) is 11.9. The molecule has 1 aromatic heterocycles. The molecule has 1 amide bonds. The van der Waals surface area contributed by atoms with Gasteiger partial charge in [-0.1, -0.05) is 30.7 Å². The number of carbonyl (C=O) groups excluding carboxylic acids is 1. The Morgan fingerprint density at radius 1 is 1.15 bits per heavy atom. The molecule has 0 radical (unpaired) electrons. The van der Waals surface area contributed by atoms with Crippen LogP contribution in [0.15, 0.2) is 69.1 Å². The zero-order valence-corrected chi connectivity index (χ0v) is 25.1. The first-order valence-electron chi connectivity index (χ1n) is 12.7. The minimum absolute atomic E-state index is 0.000882. The molecule has 40 heavy (non-hydrogen) atoms. The highest BCUT2D eigenvalue weighted by Crippen LogP contribution is 2.32. The average Bonchev–Trinajstić information content (AvgIpc) is 3.47. The number of fused-ring (bicyclic) bond motifs is 1. The van der Waals surface area contributed by atoms with Crippen LogP contribution in [0.1, 0.15) is 29.8 Å². The number of benzene rings is 2. The van der Waals surface area contributed by atoms with Gasteiger partial charge in [-0.2, -0.15) is 4.31 Å². The van der Waals surface area contributed by atoms with Crippen molar-refractivity contribution in [3.63, 3.8) is 0 Å². The van der Waals surface area contributed by atoms with Crippen molar-refractivity contribution >= 4 is 43.0 Å². The van der Waals surface area contributed by atoms with E-state index in [2.05, 4.69) is 4.72 Å². The first-order valence-corrected chi connectivity index (χ1v) is 16.5. The Morgan fingerprint density at radius 2 is 1.85 bits per heavy atom. The number of aryl methyl sites for hydroxylation is 1. The summed E-state index contributed by atoms with van der Waals surface area (Å²) in [7, 11) is -6.19. The molecule has 3 aromatic rings. The minimum Gasteiger partial charge on any atom is -0.488 e. The fourth-order valence-corrected chi connectivity index (χ4v) is 7.59. The summed E-state index contributed by atoms with van der Waals surface area (Å²) in [5.74, 6) is -0.546. The number of nitrogens with zero attached hydrogens (tertiary/aromatic N) is 2. The van der Waals surface area contributed by atoms with Crippen molar-refractivity contribution in [1.29, 1.82) is 0 Å². The van der Waals surface area contributed by atoms with Gasteiger partial charge in [-0.3, -0.25) is 9.52 Å². The zero-order valence-electron chi connectivity index (χ0n) is 22.6. The van der Waals surface area contributed by atoms with Crippen molar-refractivity contribution < 1.29 is 31.5 Å². The van der Waals surface area contributed by atoms with Gasteiger partial charge in [0.2, 0.25) is 10.0 Å². The summed E-state index contributed by atoms with van der Waals surface area (Å²) >= 11 is 1.07. The van der Waals surface area contributed by atoms with Crippen LogP contribution in [0.5, 0.6) is 5.75 Å². The van der Waals surface area contributed by atoms with Crippen LogP contribution < -0.4 is 9.46 Å². The van der Waals surface area contributed by atoms with Crippen LogP contribution >= 0.6 is 11.3 Å². The SMILES string of the molecule is Cc1ccc(S(=O)(=O)N(C)C[C@@H]2Oc3ccc(NS(=O)(=O)c4cccs4)cc3C(=O)N([C@H](C)CO)C[C@@H]2C)cc1. The van der Waals surface area contributed by atoms with E-state index in [1.807, 2.05) is 13.8 Å². The van der Waals surface area contributed by atoms with Crippen LogP contribution in [0.25, 0.3) is 0 Å². The van der Waals surface area contributed by atoms with Crippen molar-refractivity contribution in [2.24, 2.45) is 5.92 Å². The molecule has 1 aliphatic heterocycles. The highest BCUT2D eigenvalue weighted by molar-refractivity contribution is 7.94. The van der Waals surface area contributed by atoms with Gasteiger partial charge < -0.3 is 14.7 Å². The fourth-order valence-electron chi connectivity index (χ4n) is 4.37. The molecule has 0 aliphatic carbocycles. The predicted octanol–water partition coefficient (Wildman–Crippen LogP) is 3.40. The minimum atomic E-state index is -3.86. The zero-order chi connectivity index (χ0) is 29.2. The highest BCUT2D eigenvalue weighted by atomic mass is 32.2. The molecule has 3 atom stereocenters. The number of ether oxygens (including phenoxy) is 1. The Morgan fingerprint density at radius 3 is 2.48 bits per heavy atom. The monoisotopic (exact) mass is 607 g/mol. The number of hydrogen-bond donors (Lipinski definition) is 2. The van der Waals surface area contributed by atoms with Crippen molar-refractivity contribution in [1.82, 2.24) is 9.21 Å². The van der Waals surface area contributed by atoms with E-state index in [4.69, 9.17) is 4.74 Å². The molecular formula is C27H33N3O7S3. The van der Waals surface area contributed by atoms with E-state index in [0.29, 0.717) is 0 Å². The molecule has 0 bridgehead atoms. The lowest BCUT2D eigenvalue weighted by Gasteiger charge is -2.38. The molecule has 0 spiro atoms. The van der Waals surface area contributed by atoms with Crippen LogP contribution in [-0.2, 0) is 20.0 Å². The van der Waals surface area contributed by atoms with E-state index in [-0.39, 0.29) is 51.7 Å². The normalized spacial score (nSPS) is 18.9. The van der Waals surface area contributed by atoms with Gasteiger partial charge in [-0.15, -0.1) is 11.3 Å². The molecule has 216 valence electrons. The summed E-state index contributed by atoms with van der Waals surface area (Å²) in [5.41, 5.74) is 1.22. The number of carbonyl (C=O) groups is 1. The van der Waals surface area contributed by atoms with E-state index in [0.717, 1.165) is 16.9 Å². The Hall–Kier alpha value is -2.97. The molecular weight excluding hydrogens is 575 g/mol. The number of aliphatic hydroxyl groups is 1. The van der Waals surface area contributed by atoms with E-state index < -0.39 is 38.1 Å². The molecule has 2 heterocycles. The van der Waals surface area contributed by atoms with Crippen LogP contribution in [-0.4, -0.2) is 75.9 Å². The molecule has 2 N–H and O–H groups in total. The number of amides is 1. The van der Waals surface area contributed by atoms with Crippen molar-refractivity contribution in [3.8, 4) is 5.75 Å². The van der Waals surface area contributed by atoms with Gasteiger partial charge in [0.15, 0.2) is 0 Å². The van der Waals surface area contributed by atoms with Crippen molar-refractivity contribution in [3.05, 3.63) is 71.1 Å². The van der Waals surface area contributed by atoms with Gasteiger partial charge in [0, 0.05) is 25.2 Å². The molecule has 0 unspecified atom stereocenters. The summed E-state index contributed by atoms with van der Waals surface area (Å²) in [4.78, 5) is 15.3. The molecule has 2 aromatic carbocycles. The molecule has 0 saturated heterocycles. The standard InChI is InChI=1S/C27H33N3O7S3/c1-18-7-10-22(11-8-18)40(35,36)29(4)16-25-19(2)15-30(20(3)17-31)27(32)23-14-21(9-12-24(23)37-25)28-39(33,34)26-6-5-13-38-26/h5-14,19-20,25,28,31H,15-17H2,1-4H3/t19-,20+,25-/m0/s1. The van der Waals surface area contributed by atoms with E-state index in [1.54, 1.807) is 42.6 Å². The third-order valence-electron chi connectivity index (χ3n) is 6.84. The average molecular weight is 608 g/mol.